The third-order valence-corrected chi connectivity index (χ3v) is 4.66. The van der Waals surface area contributed by atoms with E-state index in [1.165, 1.54) is 5.56 Å². The van der Waals surface area contributed by atoms with Crippen molar-refractivity contribution in [2.75, 3.05) is 0 Å². The van der Waals surface area contributed by atoms with Crippen molar-refractivity contribution >= 4 is 16.9 Å². The van der Waals surface area contributed by atoms with Gasteiger partial charge in [0.05, 0.1) is 16.8 Å². The minimum atomic E-state index is -0.925. The molecule has 0 radical (unpaired) electrons. The lowest BCUT2D eigenvalue weighted by atomic mass is 9.96. The summed E-state index contributed by atoms with van der Waals surface area (Å²) in [5, 5.41) is 10.2. The smallest absolute Gasteiger partial charge is 0.336 e. The number of pyridine rings is 1. The van der Waals surface area contributed by atoms with Gasteiger partial charge in [0.25, 0.3) is 0 Å². The number of para-hydroxylation sites is 1. The van der Waals surface area contributed by atoms with Crippen molar-refractivity contribution in [2.24, 2.45) is 0 Å². The molecule has 0 amide bonds. The molecule has 1 atom stereocenters. The lowest BCUT2D eigenvalue weighted by Crippen LogP contribution is -2.01. The normalized spacial score (nSPS) is 12.3. The maximum atomic E-state index is 11.7. The molecule has 1 N–H and O–H groups in total. The lowest BCUT2D eigenvalue weighted by molar-refractivity contribution is 0.0699. The molecule has 0 aliphatic rings. The topological polar surface area (TPSA) is 50.2 Å². The fourth-order valence-corrected chi connectivity index (χ4v) is 2.93. The largest absolute Gasteiger partial charge is 0.478 e. The fraction of sp³-hybridized carbons (Fsp3) is 0.238. The van der Waals surface area contributed by atoms with Crippen molar-refractivity contribution in [1.29, 1.82) is 0 Å². The summed E-state index contributed by atoms with van der Waals surface area (Å²) >= 11 is 0. The van der Waals surface area contributed by atoms with Gasteiger partial charge < -0.3 is 5.11 Å². The van der Waals surface area contributed by atoms with E-state index in [-0.39, 0.29) is 0 Å². The van der Waals surface area contributed by atoms with E-state index in [9.17, 15) is 9.90 Å². The van der Waals surface area contributed by atoms with Gasteiger partial charge in [0, 0.05) is 10.9 Å². The Bertz CT molecular complexity index is 898. The predicted octanol–water partition coefficient (Wildman–Crippen LogP) is 5.42. The predicted molar refractivity (Wildman–Crippen MR) is 97.6 cm³/mol. The highest BCUT2D eigenvalue weighted by atomic mass is 16.4. The number of aromatic nitrogens is 1. The molecule has 0 fully saturated rings. The van der Waals surface area contributed by atoms with Crippen LogP contribution in [0.3, 0.4) is 0 Å². The first kappa shape index (κ1) is 16.2. The fourth-order valence-electron chi connectivity index (χ4n) is 2.93. The van der Waals surface area contributed by atoms with Crippen molar-refractivity contribution < 1.29 is 9.90 Å². The molecule has 3 rings (SSSR count). The molecule has 1 heterocycles. The summed E-state index contributed by atoms with van der Waals surface area (Å²) < 4.78 is 0. The van der Waals surface area contributed by atoms with Crippen LogP contribution in [0, 0.1) is 6.92 Å². The second-order valence-corrected chi connectivity index (χ2v) is 6.26. The van der Waals surface area contributed by atoms with Gasteiger partial charge in [-0.2, -0.15) is 0 Å². The molecule has 3 nitrogen and oxygen atoms in total. The van der Waals surface area contributed by atoms with Gasteiger partial charge in [-0.15, -0.1) is 0 Å². The van der Waals surface area contributed by atoms with Gasteiger partial charge in [-0.1, -0.05) is 56.3 Å². The summed E-state index contributed by atoms with van der Waals surface area (Å²) in [5.74, 6) is -0.411. The van der Waals surface area contributed by atoms with E-state index in [4.69, 9.17) is 4.98 Å². The molecule has 0 unspecified atom stereocenters. The number of nitrogens with zero attached hydrogens (tertiary/aromatic N) is 1. The highest BCUT2D eigenvalue weighted by Crippen LogP contribution is 2.28. The van der Waals surface area contributed by atoms with Crippen molar-refractivity contribution in [3.63, 3.8) is 0 Å². The van der Waals surface area contributed by atoms with E-state index in [1.54, 1.807) is 6.07 Å². The van der Waals surface area contributed by atoms with Crippen LogP contribution in [-0.4, -0.2) is 16.1 Å². The number of carboxylic acid groups (broad SMARTS) is 1. The van der Waals surface area contributed by atoms with E-state index in [0.29, 0.717) is 22.6 Å². The molecule has 0 aliphatic carbocycles. The summed E-state index contributed by atoms with van der Waals surface area (Å²) in [7, 11) is 0. The van der Waals surface area contributed by atoms with Crippen molar-refractivity contribution in [2.45, 2.75) is 33.1 Å². The quantitative estimate of drug-likeness (QED) is 0.698. The molecule has 3 heteroatoms. The van der Waals surface area contributed by atoms with Crippen LogP contribution >= 0.6 is 0 Å². The van der Waals surface area contributed by atoms with Gasteiger partial charge in [0.2, 0.25) is 0 Å². The minimum Gasteiger partial charge on any atom is -0.478 e. The third kappa shape index (κ3) is 2.90. The van der Waals surface area contributed by atoms with E-state index >= 15 is 0 Å². The van der Waals surface area contributed by atoms with Crippen LogP contribution in [0.5, 0.6) is 0 Å². The van der Waals surface area contributed by atoms with Crippen LogP contribution in [0.25, 0.3) is 22.2 Å². The Labute approximate surface area is 142 Å². The molecule has 0 spiro atoms. The zero-order valence-corrected chi connectivity index (χ0v) is 14.2. The summed E-state index contributed by atoms with van der Waals surface area (Å²) in [4.78, 5) is 16.4. The molecule has 0 aliphatic heterocycles. The highest BCUT2D eigenvalue weighted by molar-refractivity contribution is 6.04. The number of carbonyl (C=O) groups is 1. The van der Waals surface area contributed by atoms with Gasteiger partial charge in [-0.05, 0) is 36.5 Å². The maximum Gasteiger partial charge on any atom is 0.336 e. The Balaban J connectivity index is 2.16. The van der Waals surface area contributed by atoms with Crippen molar-refractivity contribution in [1.82, 2.24) is 4.98 Å². The molecule has 24 heavy (non-hydrogen) atoms. The summed E-state index contributed by atoms with van der Waals surface area (Å²) in [6.45, 7) is 6.33. The van der Waals surface area contributed by atoms with Crippen LogP contribution in [0.4, 0.5) is 0 Å². The molecular formula is C21H21NO2. The zero-order valence-electron chi connectivity index (χ0n) is 14.2. The highest BCUT2D eigenvalue weighted by Gasteiger charge is 2.14. The SMILES string of the molecule is CC[C@@H](C)c1ccc(-c2cc(C(=O)O)c3cccc(C)c3n2)cc1. The molecule has 2 aromatic carbocycles. The first-order valence-electron chi connectivity index (χ1n) is 8.25. The summed E-state index contributed by atoms with van der Waals surface area (Å²) in [6.07, 6.45) is 1.09. The molecule has 0 saturated carbocycles. The molecule has 0 saturated heterocycles. The molecule has 122 valence electrons. The third-order valence-electron chi connectivity index (χ3n) is 4.66. The molecule has 0 bridgehead atoms. The first-order chi connectivity index (χ1) is 11.5. The number of aromatic carboxylic acids is 1. The van der Waals surface area contributed by atoms with Gasteiger partial charge in [-0.25, -0.2) is 9.78 Å². The van der Waals surface area contributed by atoms with E-state index in [2.05, 4.69) is 26.0 Å². The van der Waals surface area contributed by atoms with Crippen LogP contribution in [0.1, 0.15) is 47.7 Å². The zero-order chi connectivity index (χ0) is 17.3. The van der Waals surface area contributed by atoms with Crippen molar-refractivity contribution in [3.05, 3.63) is 65.2 Å². The number of aryl methyl sites for hydroxylation is 1. The second kappa shape index (κ2) is 6.44. The van der Waals surface area contributed by atoms with Crippen molar-refractivity contribution in [3.8, 4) is 11.3 Å². The van der Waals surface area contributed by atoms with Gasteiger partial charge in [0.1, 0.15) is 0 Å². The Kier molecular flexibility index (Phi) is 4.34. The van der Waals surface area contributed by atoms with E-state index < -0.39 is 5.97 Å². The Hall–Kier alpha value is -2.68. The number of carboxylic acids is 1. The lowest BCUT2D eigenvalue weighted by Gasteiger charge is -2.11. The van der Waals surface area contributed by atoms with Gasteiger partial charge in [0.15, 0.2) is 0 Å². The summed E-state index contributed by atoms with van der Waals surface area (Å²) in [5.41, 5.74) is 4.95. The summed E-state index contributed by atoms with van der Waals surface area (Å²) in [6, 6.07) is 15.6. The Morgan fingerprint density at radius 2 is 1.88 bits per heavy atom. The molecule has 3 aromatic rings. The standard InChI is InChI=1S/C21H21NO2/c1-4-13(2)15-8-10-16(11-9-15)19-12-18(21(23)24)17-7-5-6-14(3)20(17)22-19/h5-13H,4H2,1-3H3,(H,23,24)/t13-/m1/s1. The Morgan fingerprint density at radius 3 is 2.50 bits per heavy atom. The van der Waals surface area contributed by atoms with E-state index in [0.717, 1.165) is 23.1 Å². The number of hydrogen-bond acceptors (Lipinski definition) is 2. The number of fused-ring (bicyclic) bond motifs is 1. The average molecular weight is 319 g/mol. The average Bonchev–Trinajstić information content (AvgIpc) is 2.60. The molecular weight excluding hydrogens is 298 g/mol. The number of benzene rings is 2. The molecule has 1 aromatic heterocycles. The second-order valence-electron chi connectivity index (χ2n) is 6.26. The van der Waals surface area contributed by atoms with Crippen LogP contribution in [0.2, 0.25) is 0 Å². The Morgan fingerprint density at radius 1 is 1.17 bits per heavy atom. The monoisotopic (exact) mass is 319 g/mol. The number of rotatable bonds is 4. The van der Waals surface area contributed by atoms with Gasteiger partial charge in [-0.3, -0.25) is 0 Å². The van der Waals surface area contributed by atoms with Crippen LogP contribution in [-0.2, 0) is 0 Å². The van der Waals surface area contributed by atoms with Gasteiger partial charge >= 0.3 is 5.97 Å². The number of hydrogen-bond donors (Lipinski definition) is 1. The van der Waals surface area contributed by atoms with Crippen LogP contribution < -0.4 is 0 Å². The van der Waals surface area contributed by atoms with Crippen LogP contribution in [0.15, 0.2) is 48.5 Å². The minimum absolute atomic E-state index is 0.296. The first-order valence-corrected chi connectivity index (χ1v) is 8.25. The maximum absolute atomic E-state index is 11.7. The van der Waals surface area contributed by atoms with E-state index in [1.807, 2.05) is 37.3 Å².